The average molecular weight is 437 g/mol. The van der Waals surface area contributed by atoms with Crippen LogP contribution in [0.3, 0.4) is 0 Å². The van der Waals surface area contributed by atoms with Crippen LogP contribution in [0.5, 0.6) is 5.75 Å². The van der Waals surface area contributed by atoms with E-state index in [0.29, 0.717) is 48.3 Å². The van der Waals surface area contributed by atoms with Crippen LogP contribution in [0.25, 0.3) is 0 Å². The van der Waals surface area contributed by atoms with Crippen molar-refractivity contribution < 1.29 is 14.6 Å². The first kappa shape index (κ1) is 21.9. The van der Waals surface area contributed by atoms with Gasteiger partial charge in [0.2, 0.25) is 5.91 Å². The monoisotopic (exact) mass is 436 g/mol. The van der Waals surface area contributed by atoms with E-state index in [-0.39, 0.29) is 12.5 Å². The smallest absolute Gasteiger partial charge is 0.234 e. The molecule has 29 heavy (non-hydrogen) atoms. The number of carbonyl (C=O) groups excluding carboxylic acids is 1. The third-order valence-corrected chi connectivity index (χ3v) is 5.85. The summed E-state index contributed by atoms with van der Waals surface area (Å²) in [4.78, 5) is 14.3. The van der Waals surface area contributed by atoms with Crippen molar-refractivity contribution in [2.45, 2.75) is 31.4 Å². The molecule has 7 heteroatoms. The molecule has 1 fully saturated rings. The fourth-order valence-corrected chi connectivity index (χ4v) is 3.67. The lowest BCUT2D eigenvalue weighted by Crippen LogP contribution is -2.40. The molecule has 1 saturated heterocycles. The first-order chi connectivity index (χ1) is 13.9. The molecular formula is C22H26Cl2N2O3. The standard InChI is InChI=1S/C22H26Cl2N2O3/c23-19-8-7-18(13-20(19)24)29-16-22(28)9-4-11-26(12-10-22)15-21(27)25-14-17-5-2-1-3-6-17/h1-3,5-8,13,28H,4,9-12,14-16H2,(H,25,27). The van der Waals surface area contributed by atoms with Crippen molar-refractivity contribution >= 4 is 29.1 Å². The van der Waals surface area contributed by atoms with E-state index < -0.39 is 5.60 Å². The summed E-state index contributed by atoms with van der Waals surface area (Å²) in [5.74, 6) is 0.570. The number of carbonyl (C=O) groups is 1. The SMILES string of the molecule is O=C(CN1CCCC(O)(COc2ccc(Cl)c(Cl)c2)CC1)NCc1ccccc1. The van der Waals surface area contributed by atoms with E-state index in [2.05, 4.69) is 10.2 Å². The predicted octanol–water partition coefficient (Wildman–Crippen LogP) is 3.91. The van der Waals surface area contributed by atoms with Crippen LogP contribution in [0, 0.1) is 0 Å². The molecule has 0 aliphatic carbocycles. The van der Waals surface area contributed by atoms with E-state index in [1.165, 1.54) is 0 Å². The van der Waals surface area contributed by atoms with Crippen molar-refractivity contribution in [1.29, 1.82) is 0 Å². The Morgan fingerprint density at radius 1 is 1.10 bits per heavy atom. The normalized spacial score (nSPS) is 20.1. The summed E-state index contributed by atoms with van der Waals surface area (Å²) in [7, 11) is 0. The quantitative estimate of drug-likeness (QED) is 0.690. The average Bonchev–Trinajstić information content (AvgIpc) is 2.90. The first-order valence-corrected chi connectivity index (χ1v) is 10.5. The Hall–Kier alpha value is -1.79. The number of likely N-dealkylation sites (tertiary alicyclic amines) is 1. The van der Waals surface area contributed by atoms with Crippen molar-refractivity contribution in [2.24, 2.45) is 0 Å². The molecule has 0 spiro atoms. The Morgan fingerprint density at radius 2 is 1.90 bits per heavy atom. The van der Waals surface area contributed by atoms with Crippen molar-refractivity contribution in [1.82, 2.24) is 10.2 Å². The van der Waals surface area contributed by atoms with Crippen molar-refractivity contribution in [2.75, 3.05) is 26.2 Å². The first-order valence-electron chi connectivity index (χ1n) is 9.77. The summed E-state index contributed by atoms with van der Waals surface area (Å²) < 4.78 is 5.75. The number of nitrogens with one attached hydrogen (secondary N) is 1. The van der Waals surface area contributed by atoms with Crippen LogP contribution in [0.4, 0.5) is 0 Å². The van der Waals surface area contributed by atoms with Crippen molar-refractivity contribution in [3.63, 3.8) is 0 Å². The van der Waals surface area contributed by atoms with Gasteiger partial charge in [0, 0.05) is 19.2 Å². The molecule has 2 N–H and O–H groups in total. The molecule has 156 valence electrons. The molecule has 1 aliphatic rings. The zero-order chi connectivity index (χ0) is 20.7. The van der Waals surface area contributed by atoms with Gasteiger partial charge >= 0.3 is 0 Å². The maximum Gasteiger partial charge on any atom is 0.234 e. The number of nitrogens with zero attached hydrogens (tertiary/aromatic N) is 1. The molecule has 1 heterocycles. The number of ether oxygens (including phenoxy) is 1. The molecular weight excluding hydrogens is 411 g/mol. The van der Waals surface area contributed by atoms with Gasteiger partial charge < -0.3 is 15.2 Å². The van der Waals surface area contributed by atoms with Gasteiger partial charge in [0.15, 0.2) is 0 Å². The second kappa shape index (κ2) is 10.3. The van der Waals surface area contributed by atoms with Gasteiger partial charge in [0.05, 0.1) is 22.2 Å². The molecule has 0 radical (unpaired) electrons. The van der Waals surface area contributed by atoms with E-state index >= 15 is 0 Å². The summed E-state index contributed by atoms with van der Waals surface area (Å²) in [6, 6.07) is 14.9. The summed E-state index contributed by atoms with van der Waals surface area (Å²) >= 11 is 11.9. The van der Waals surface area contributed by atoms with Crippen molar-refractivity contribution in [3.05, 3.63) is 64.1 Å². The Balaban J connectivity index is 1.44. The zero-order valence-electron chi connectivity index (χ0n) is 16.2. The third kappa shape index (κ3) is 6.89. The van der Waals surface area contributed by atoms with E-state index in [1.807, 2.05) is 30.3 Å². The number of hydrogen-bond acceptors (Lipinski definition) is 4. The lowest BCUT2D eigenvalue weighted by molar-refractivity contribution is -0.122. The lowest BCUT2D eigenvalue weighted by Gasteiger charge is -2.27. The van der Waals surface area contributed by atoms with Crippen LogP contribution in [0.2, 0.25) is 10.0 Å². The van der Waals surface area contributed by atoms with E-state index in [9.17, 15) is 9.90 Å². The van der Waals surface area contributed by atoms with Crippen molar-refractivity contribution in [3.8, 4) is 5.75 Å². The predicted molar refractivity (Wildman–Crippen MR) is 115 cm³/mol. The van der Waals surface area contributed by atoms with Gasteiger partial charge in [-0.25, -0.2) is 0 Å². The molecule has 1 amide bonds. The molecule has 3 rings (SSSR count). The molecule has 0 bridgehead atoms. The van der Waals surface area contributed by atoms with Crippen LogP contribution >= 0.6 is 23.2 Å². The molecule has 2 aromatic carbocycles. The van der Waals surface area contributed by atoms with Crippen LogP contribution < -0.4 is 10.1 Å². The minimum Gasteiger partial charge on any atom is -0.491 e. The molecule has 1 atom stereocenters. The third-order valence-electron chi connectivity index (χ3n) is 5.11. The lowest BCUT2D eigenvalue weighted by atomic mass is 9.96. The molecule has 0 aromatic heterocycles. The second-order valence-corrected chi connectivity index (χ2v) is 8.30. The molecule has 1 aliphatic heterocycles. The summed E-state index contributed by atoms with van der Waals surface area (Å²) in [5, 5.41) is 14.8. The van der Waals surface area contributed by atoms with E-state index in [0.717, 1.165) is 18.5 Å². The Bertz CT molecular complexity index is 819. The Kier molecular flexibility index (Phi) is 7.78. The summed E-state index contributed by atoms with van der Waals surface area (Å²) in [5.41, 5.74) is 0.145. The molecule has 0 saturated carbocycles. The van der Waals surface area contributed by atoms with Gasteiger partial charge in [-0.05, 0) is 43.5 Å². The number of benzene rings is 2. The van der Waals surface area contributed by atoms with Gasteiger partial charge in [0.25, 0.3) is 0 Å². The highest BCUT2D eigenvalue weighted by molar-refractivity contribution is 6.42. The number of aliphatic hydroxyl groups is 1. The Labute approximate surface area is 181 Å². The minimum absolute atomic E-state index is 0.00801. The van der Waals surface area contributed by atoms with Gasteiger partial charge in [-0.2, -0.15) is 0 Å². The maximum absolute atomic E-state index is 12.3. The van der Waals surface area contributed by atoms with Gasteiger partial charge in [0.1, 0.15) is 12.4 Å². The summed E-state index contributed by atoms with van der Waals surface area (Å²) in [6.45, 7) is 2.44. The number of rotatable bonds is 7. The number of hydrogen-bond donors (Lipinski definition) is 2. The summed E-state index contributed by atoms with van der Waals surface area (Å²) in [6.07, 6.45) is 1.96. The van der Waals surface area contributed by atoms with Gasteiger partial charge in [-0.15, -0.1) is 0 Å². The maximum atomic E-state index is 12.3. The highest BCUT2D eigenvalue weighted by atomic mass is 35.5. The number of amides is 1. The highest BCUT2D eigenvalue weighted by Crippen LogP contribution is 2.28. The van der Waals surface area contributed by atoms with E-state index in [1.54, 1.807) is 18.2 Å². The molecule has 2 aromatic rings. The zero-order valence-corrected chi connectivity index (χ0v) is 17.8. The topological polar surface area (TPSA) is 61.8 Å². The highest BCUT2D eigenvalue weighted by Gasteiger charge is 2.31. The fourth-order valence-electron chi connectivity index (χ4n) is 3.38. The van der Waals surface area contributed by atoms with Gasteiger partial charge in [-0.1, -0.05) is 53.5 Å². The largest absolute Gasteiger partial charge is 0.491 e. The second-order valence-electron chi connectivity index (χ2n) is 7.48. The number of halogens is 2. The fraction of sp³-hybridized carbons (Fsp3) is 0.409. The van der Waals surface area contributed by atoms with Crippen LogP contribution in [0.15, 0.2) is 48.5 Å². The van der Waals surface area contributed by atoms with Gasteiger partial charge in [-0.3, -0.25) is 9.69 Å². The molecule has 5 nitrogen and oxygen atoms in total. The van der Waals surface area contributed by atoms with Crippen LogP contribution in [-0.4, -0.2) is 47.8 Å². The van der Waals surface area contributed by atoms with E-state index in [4.69, 9.17) is 27.9 Å². The minimum atomic E-state index is -0.929. The van der Waals surface area contributed by atoms with Crippen LogP contribution in [-0.2, 0) is 11.3 Å². The molecule has 1 unspecified atom stereocenters. The van der Waals surface area contributed by atoms with Crippen LogP contribution in [0.1, 0.15) is 24.8 Å². The Morgan fingerprint density at radius 3 is 2.66 bits per heavy atom.